The van der Waals surface area contributed by atoms with Crippen molar-refractivity contribution in [3.8, 4) is 5.75 Å². The van der Waals surface area contributed by atoms with Crippen molar-refractivity contribution >= 4 is 22.4 Å². The van der Waals surface area contributed by atoms with Gasteiger partial charge < -0.3 is 15.5 Å². The summed E-state index contributed by atoms with van der Waals surface area (Å²) in [4.78, 5) is 15.6. The highest BCUT2D eigenvalue weighted by molar-refractivity contribution is 6.09. The van der Waals surface area contributed by atoms with Crippen LogP contribution < -0.4 is 10.5 Å². The van der Waals surface area contributed by atoms with E-state index in [0.717, 1.165) is 10.9 Å². The second-order valence-electron chi connectivity index (χ2n) is 4.91. The first-order chi connectivity index (χ1) is 10.2. The normalized spacial score (nSPS) is 12.2. The summed E-state index contributed by atoms with van der Waals surface area (Å²) in [6, 6.07) is 14.9. The topological polar surface area (TPSA) is 68.1 Å². The standard InChI is InChI=1S/C17H16N2O2/c1-11(21-16-9-5-3-7-14(16)18)17(20)13-10-19-15-8-4-2-6-12(13)15/h2-11,19H,18H2,1H3. The lowest BCUT2D eigenvalue weighted by molar-refractivity contribution is 0.0821. The molecule has 3 N–H and O–H groups in total. The van der Waals surface area contributed by atoms with Crippen molar-refractivity contribution < 1.29 is 9.53 Å². The number of nitrogen functional groups attached to an aromatic ring is 1. The number of Topliss-reactive ketones (excluding diaryl/α,β-unsaturated/α-hetero) is 1. The third-order valence-corrected chi connectivity index (χ3v) is 3.45. The predicted octanol–water partition coefficient (Wildman–Crippen LogP) is 3.40. The zero-order chi connectivity index (χ0) is 14.8. The predicted molar refractivity (Wildman–Crippen MR) is 83.6 cm³/mol. The minimum atomic E-state index is -0.603. The molecule has 21 heavy (non-hydrogen) atoms. The fourth-order valence-corrected chi connectivity index (χ4v) is 2.33. The average Bonchev–Trinajstić information content (AvgIpc) is 2.92. The van der Waals surface area contributed by atoms with E-state index >= 15 is 0 Å². The van der Waals surface area contributed by atoms with Crippen LogP contribution in [-0.2, 0) is 0 Å². The van der Waals surface area contributed by atoms with E-state index in [0.29, 0.717) is 17.0 Å². The smallest absolute Gasteiger partial charge is 0.205 e. The monoisotopic (exact) mass is 280 g/mol. The molecule has 0 aliphatic heterocycles. The first-order valence-electron chi connectivity index (χ1n) is 6.78. The number of nitrogens with one attached hydrogen (secondary N) is 1. The van der Waals surface area contributed by atoms with E-state index in [9.17, 15) is 4.79 Å². The Balaban J connectivity index is 1.86. The van der Waals surface area contributed by atoms with Gasteiger partial charge in [-0.3, -0.25) is 4.79 Å². The van der Waals surface area contributed by atoms with Gasteiger partial charge in [0, 0.05) is 22.7 Å². The molecule has 0 spiro atoms. The number of ketones is 1. The van der Waals surface area contributed by atoms with Crippen LogP contribution in [0.3, 0.4) is 0 Å². The SMILES string of the molecule is CC(Oc1ccccc1N)C(=O)c1c[nH]c2ccccc12. The van der Waals surface area contributed by atoms with E-state index in [4.69, 9.17) is 10.5 Å². The lowest BCUT2D eigenvalue weighted by Crippen LogP contribution is -2.24. The number of fused-ring (bicyclic) bond motifs is 1. The van der Waals surface area contributed by atoms with Crippen LogP contribution in [0.1, 0.15) is 17.3 Å². The van der Waals surface area contributed by atoms with E-state index < -0.39 is 6.10 Å². The molecule has 0 radical (unpaired) electrons. The Morgan fingerprint density at radius 2 is 1.86 bits per heavy atom. The lowest BCUT2D eigenvalue weighted by Gasteiger charge is -2.14. The Morgan fingerprint density at radius 3 is 2.67 bits per heavy atom. The summed E-state index contributed by atoms with van der Waals surface area (Å²) in [5.41, 5.74) is 7.93. The van der Waals surface area contributed by atoms with Crippen LogP contribution in [0.25, 0.3) is 10.9 Å². The fraction of sp³-hybridized carbons (Fsp3) is 0.118. The van der Waals surface area contributed by atoms with Crippen LogP contribution in [0.4, 0.5) is 5.69 Å². The van der Waals surface area contributed by atoms with Gasteiger partial charge in [-0.15, -0.1) is 0 Å². The minimum absolute atomic E-state index is 0.0734. The maximum absolute atomic E-state index is 12.5. The first-order valence-corrected chi connectivity index (χ1v) is 6.78. The molecule has 4 nitrogen and oxygen atoms in total. The minimum Gasteiger partial charge on any atom is -0.480 e. The Hall–Kier alpha value is -2.75. The van der Waals surface area contributed by atoms with Gasteiger partial charge in [-0.1, -0.05) is 30.3 Å². The third-order valence-electron chi connectivity index (χ3n) is 3.45. The van der Waals surface area contributed by atoms with Crippen LogP contribution in [0.15, 0.2) is 54.7 Å². The van der Waals surface area contributed by atoms with E-state index in [2.05, 4.69) is 4.98 Å². The first kappa shape index (κ1) is 13.2. The molecule has 1 unspecified atom stereocenters. The van der Waals surface area contributed by atoms with Crippen molar-refractivity contribution in [1.82, 2.24) is 4.98 Å². The summed E-state index contributed by atoms with van der Waals surface area (Å²) >= 11 is 0. The van der Waals surface area contributed by atoms with Crippen LogP contribution in [0, 0.1) is 0 Å². The van der Waals surface area contributed by atoms with Gasteiger partial charge in [-0.05, 0) is 25.1 Å². The number of rotatable bonds is 4. The number of para-hydroxylation sites is 3. The van der Waals surface area contributed by atoms with Crippen molar-refractivity contribution in [2.45, 2.75) is 13.0 Å². The largest absolute Gasteiger partial charge is 0.480 e. The summed E-state index contributed by atoms with van der Waals surface area (Å²) in [7, 11) is 0. The number of ether oxygens (including phenoxy) is 1. The number of hydrogen-bond donors (Lipinski definition) is 2. The molecule has 0 aliphatic carbocycles. The molecule has 0 fully saturated rings. The summed E-state index contributed by atoms with van der Waals surface area (Å²) in [5.74, 6) is 0.453. The summed E-state index contributed by atoms with van der Waals surface area (Å²) < 4.78 is 5.69. The molecule has 4 heteroatoms. The number of hydrogen-bond acceptors (Lipinski definition) is 3. The second kappa shape index (κ2) is 5.32. The molecule has 106 valence electrons. The van der Waals surface area contributed by atoms with Gasteiger partial charge in [0.25, 0.3) is 0 Å². The number of nitrogens with two attached hydrogens (primary N) is 1. The van der Waals surface area contributed by atoms with Gasteiger partial charge in [0.2, 0.25) is 5.78 Å². The molecule has 1 aromatic heterocycles. The van der Waals surface area contributed by atoms with Crippen molar-refractivity contribution in [2.24, 2.45) is 0 Å². The summed E-state index contributed by atoms with van der Waals surface area (Å²) in [6.07, 6.45) is 1.12. The molecule has 0 bridgehead atoms. The highest BCUT2D eigenvalue weighted by atomic mass is 16.5. The van der Waals surface area contributed by atoms with E-state index in [1.807, 2.05) is 36.4 Å². The molecule has 0 saturated carbocycles. The van der Waals surface area contributed by atoms with E-state index in [1.54, 1.807) is 25.3 Å². The number of benzene rings is 2. The Morgan fingerprint density at radius 1 is 1.14 bits per heavy atom. The molecule has 0 aliphatic rings. The number of anilines is 1. The average molecular weight is 280 g/mol. The Labute approximate surface area is 122 Å². The molecule has 3 aromatic rings. The van der Waals surface area contributed by atoms with Crippen molar-refractivity contribution in [3.05, 3.63) is 60.3 Å². The highest BCUT2D eigenvalue weighted by Gasteiger charge is 2.20. The van der Waals surface area contributed by atoms with Crippen molar-refractivity contribution in [2.75, 3.05) is 5.73 Å². The summed E-state index contributed by atoms with van der Waals surface area (Å²) in [5, 5.41) is 0.902. The number of H-pyrrole nitrogens is 1. The Kier molecular flexibility index (Phi) is 3.36. The number of carbonyl (C=O) groups excluding carboxylic acids is 1. The highest BCUT2D eigenvalue weighted by Crippen LogP contribution is 2.24. The van der Waals surface area contributed by atoms with E-state index in [-0.39, 0.29) is 5.78 Å². The molecule has 3 rings (SSSR count). The maximum atomic E-state index is 12.5. The van der Waals surface area contributed by atoms with Gasteiger partial charge in [-0.2, -0.15) is 0 Å². The van der Waals surface area contributed by atoms with Crippen LogP contribution in [0.5, 0.6) is 5.75 Å². The van der Waals surface area contributed by atoms with Gasteiger partial charge in [-0.25, -0.2) is 0 Å². The number of aromatic amines is 1. The van der Waals surface area contributed by atoms with Crippen molar-refractivity contribution in [3.63, 3.8) is 0 Å². The van der Waals surface area contributed by atoms with Crippen LogP contribution in [0.2, 0.25) is 0 Å². The van der Waals surface area contributed by atoms with Gasteiger partial charge in [0.15, 0.2) is 6.10 Å². The summed E-state index contributed by atoms with van der Waals surface area (Å²) in [6.45, 7) is 1.73. The molecule has 2 aromatic carbocycles. The quantitative estimate of drug-likeness (QED) is 0.568. The zero-order valence-corrected chi connectivity index (χ0v) is 11.7. The molecule has 1 heterocycles. The third kappa shape index (κ3) is 2.48. The maximum Gasteiger partial charge on any atom is 0.205 e. The van der Waals surface area contributed by atoms with Gasteiger partial charge >= 0.3 is 0 Å². The molecule has 1 atom stereocenters. The molecular weight excluding hydrogens is 264 g/mol. The van der Waals surface area contributed by atoms with Crippen LogP contribution >= 0.6 is 0 Å². The van der Waals surface area contributed by atoms with Gasteiger partial charge in [0.05, 0.1) is 5.69 Å². The fourth-order valence-electron chi connectivity index (χ4n) is 2.33. The molecule has 0 saturated heterocycles. The van der Waals surface area contributed by atoms with Crippen molar-refractivity contribution in [1.29, 1.82) is 0 Å². The molecular formula is C17H16N2O2. The number of aromatic nitrogens is 1. The van der Waals surface area contributed by atoms with E-state index in [1.165, 1.54) is 0 Å². The lowest BCUT2D eigenvalue weighted by atomic mass is 10.1. The molecule has 0 amide bonds. The Bertz CT molecular complexity index is 792. The zero-order valence-electron chi connectivity index (χ0n) is 11.7. The second-order valence-corrected chi connectivity index (χ2v) is 4.91. The van der Waals surface area contributed by atoms with Gasteiger partial charge in [0.1, 0.15) is 5.75 Å². The van der Waals surface area contributed by atoms with Crippen LogP contribution in [-0.4, -0.2) is 16.9 Å². The number of carbonyl (C=O) groups is 1.